The third-order valence-corrected chi connectivity index (χ3v) is 3.64. The molecule has 0 spiro atoms. The quantitative estimate of drug-likeness (QED) is 0.854. The Morgan fingerprint density at radius 3 is 2.48 bits per heavy atom. The predicted molar refractivity (Wildman–Crippen MR) is 79.7 cm³/mol. The van der Waals surface area contributed by atoms with Crippen LogP contribution < -0.4 is 5.73 Å². The fourth-order valence-corrected chi connectivity index (χ4v) is 2.67. The SMILES string of the molecule is CC(C)CN1CC=C(c2ccc(C(F)(F)F)cc2N)CC1. The van der Waals surface area contributed by atoms with Crippen LogP contribution in [-0.2, 0) is 6.18 Å². The Kier molecular flexibility index (Phi) is 4.61. The topological polar surface area (TPSA) is 29.3 Å². The van der Waals surface area contributed by atoms with E-state index in [9.17, 15) is 13.2 Å². The molecule has 0 aliphatic carbocycles. The molecule has 1 aliphatic rings. The molecule has 2 nitrogen and oxygen atoms in total. The van der Waals surface area contributed by atoms with Crippen molar-refractivity contribution in [3.05, 3.63) is 35.4 Å². The highest BCUT2D eigenvalue weighted by Gasteiger charge is 2.31. The summed E-state index contributed by atoms with van der Waals surface area (Å²) < 4.78 is 37.9. The Balaban J connectivity index is 2.15. The summed E-state index contributed by atoms with van der Waals surface area (Å²) in [6.07, 6.45) is -1.45. The minimum absolute atomic E-state index is 0.202. The molecule has 0 atom stereocenters. The first-order valence-corrected chi connectivity index (χ1v) is 7.16. The first-order valence-electron chi connectivity index (χ1n) is 7.16. The predicted octanol–water partition coefficient (Wildman–Crippen LogP) is 4.03. The highest BCUT2D eigenvalue weighted by molar-refractivity contribution is 5.76. The number of nitrogens with zero attached hydrogens (tertiary/aromatic N) is 1. The van der Waals surface area contributed by atoms with Gasteiger partial charge in [0.25, 0.3) is 0 Å². The Morgan fingerprint density at radius 1 is 1.29 bits per heavy atom. The molecule has 0 fully saturated rings. The summed E-state index contributed by atoms with van der Waals surface area (Å²) in [6.45, 7) is 7.13. The maximum Gasteiger partial charge on any atom is 0.416 e. The summed E-state index contributed by atoms with van der Waals surface area (Å²) >= 11 is 0. The zero-order valence-corrected chi connectivity index (χ0v) is 12.4. The number of hydrogen-bond acceptors (Lipinski definition) is 2. The van der Waals surface area contributed by atoms with Crippen molar-refractivity contribution in [2.45, 2.75) is 26.4 Å². The molecular weight excluding hydrogens is 277 g/mol. The van der Waals surface area contributed by atoms with Crippen molar-refractivity contribution in [1.29, 1.82) is 0 Å². The molecule has 0 aromatic heterocycles. The van der Waals surface area contributed by atoms with Gasteiger partial charge in [0.15, 0.2) is 0 Å². The number of nitrogens with two attached hydrogens (primary N) is 1. The summed E-state index contributed by atoms with van der Waals surface area (Å²) in [5.41, 5.74) is 7.09. The van der Waals surface area contributed by atoms with Crippen molar-refractivity contribution in [2.75, 3.05) is 25.4 Å². The van der Waals surface area contributed by atoms with Crippen LogP contribution in [-0.4, -0.2) is 24.5 Å². The molecule has 1 aromatic rings. The van der Waals surface area contributed by atoms with Crippen LogP contribution >= 0.6 is 0 Å². The minimum atomic E-state index is -4.35. The van der Waals surface area contributed by atoms with Gasteiger partial charge in [-0.05, 0) is 30.0 Å². The van der Waals surface area contributed by atoms with Crippen molar-refractivity contribution in [1.82, 2.24) is 4.90 Å². The molecule has 0 radical (unpaired) electrons. The van der Waals surface area contributed by atoms with E-state index >= 15 is 0 Å². The summed E-state index contributed by atoms with van der Waals surface area (Å²) in [5, 5.41) is 0. The third-order valence-electron chi connectivity index (χ3n) is 3.64. The average molecular weight is 298 g/mol. The lowest BCUT2D eigenvalue weighted by Gasteiger charge is -2.28. The Morgan fingerprint density at radius 2 is 2.00 bits per heavy atom. The van der Waals surface area contributed by atoms with E-state index in [1.807, 2.05) is 0 Å². The van der Waals surface area contributed by atoms with Gasteiger partial charge in [0.05, 0.1) is 5.56 Å². The van der Waals surface area contributed by atoms with Gasteiger partial charge in [0.1, 0.15) is 0 Å². The molecule has 0 amide bonds. The molecule has 5 heteroatoms. The molecule has 116 valence electrons. The van der Waals surface area contributed by atoms with Gasteiger partial charge in [-0.1, -0.05) is 26.0 Å². The van der Waals surface area contributed by atoms with E-state index in [1.54, 1.807) is 0 Å². The average Bonchev–Trinajstić information content (AvgIpc) is 2.38. The number of benzene rings is 1. The van der Waals surface area contributed by atoms with Gasteiger partial charge in [0.2, 0.25) is 0 Å². The Hall–Kier alpha value is -1.49. The number of alkyl halides is 3. The smallest absolute Gasteiger partial charge is 0.398 e. The fraction of sp³-hybridized carbons (Fsp3) is 0.500. The van der Waals surface area contributed by atoms with E-state index < -0.39 is 11.7 Å². The lowest BCUT2D eigenvalue weighted by molar-refractivity contribution is -0.137. The highest BCUT2D eigenvalue weighted by Crippen LogP contribution is 2.34. The van der Waals surface area contributed by atoms with E-state index in [0.717, 1.165) is 49.3 Å². The first kappa shape index (κ1) is 15.9. The number of rotatable bonds is 3. The molecule has 0 unspecified atom stereocenters. The van der Waals surface area contributed by atoms with Crippen LogP contribution in [0.1, 0.15) is 31.4 Å². The van der Waals surface area contributed by atoms with E-state index in [-0.39, 0.29) is 5.69 Å². The fourth-order valence-electron chi connectivity index (χ4n) is 2.67. The van der Waals surface area contributed by atoms with Crippen molar-refractivity contribution in [3.63, 3.8) is 0 Å². The van der Waals surface area contributed by atoms with Gasteiger partial charge < -0.3 is 5.73 Å². The molecule has 0 saturated heterocycles. The Labute approximate surface area is 123 Å². The summed E-state index contributed by atoms with van der Waals surface area (Å²) in [4.78, 5) is 2.34. The van der Waals surface area contributed by atoms with Crippen LogP contribution in [0, 0.1) is 5.92 Å². The van der Waals surface area contributed by atoms with Crippen molar-refractivity contribution in [2.24, 2.45) is 5.92 Å². The van der Waals surface area contributed by atoms with Crippen molar-refractivity contribution >= 4 is 11.3 Å². The van der Waals surface area contributed by atoms with Crippen LogP contribution in [0.25, 0.3) is 5.57 Å². The zero-order chi connectivity index (χ0) is 15.6. The molecular formula is C16H21F3N2. The van der Waals surface area contributed by atoms with Gasteiger partial charge in [-0.25, -0.2) is 0 Å². The second-order valence-electron chi connectivity index (χ2n) is 5.93. The molecule has 0 saturated carbocycles. The van der Waals surface area contributed by atoms with Gasteiger partial charge in [-0.3, -0.25) is 4.90 Å². The lowest BCUT2D eigenvalue weighted by atomic mass is 9.96. The largest absolute Gasteiger partial charge is 0.416 e. The minimum Gasteiger partial charge on any atom is -0.398 e. The van der Waals surface area contributed by atoms with Crippen molar-refractivity contribution in [3.8, 4) is 0 Å². The monoisotopic (exact) mass is 298 g/mol. The maximum absolute atomic E-state index is 12.6. The molecule has 1 aliphatic heterocycles. The van der Waals surface area contributed by atoms with E-state index in [0.29, 0.717) is 5.92 Å². The maximum atomic E-state index is 12.6. The third kappa shape index (κ3) is 4.00. The number of halogens is 3. The van der Waals surface area contributed by atoms with Gasteiger partial charge in [-0.2, -0.15) is 13.2 Å². The lowest BCUT2D eigenvalue weighted by Crippen LogP contribution is -2.31. The van der Waals surface area contributed by atoms with Crippen LogP contribution in [0.15, 0.2) is 24.3 Å². The van der Waals surface area contributed by atoms with Crippen LogP contribution in [0.2, 0.25) is 0 Å². The molecule has 1 heterocycles. The highest BCUT2D eigenvalue weighted by atomic mass is 19.4. The van der Waals surface area contributed by atoms with Gasteiger partial charge in [-0.15, -0.1) is 0 Å². The van der Waals surface area contributed by atoms with E-state index in [4.69, 9.17) is 5.73 Å². The van der Waals surface area contributed by atoms with Crippen LogP contribution in [0.4, 0.5) is 18.9 Å². The van der Waals surface area contributed by atoms with Gasteiger partial charge in [0, 0.05) is 30.9 Å². The van der Waals surface area contributed by atoms with Crippen molar-refractivity contribution < 1.29 is 13.2 Å². The summed E-state index contributed by atoms with van der Waals surface area (Å²) in [7, 11) is 0. The number of anilines is 1. The standard InChI is InChI=1S/C16H21F3N2/c1-11(2)10-21-7-5-12(6-8-21)14-4-3-13(9-15(14)20)16(17,18)19/h3-5,9,11H,6-8,10,20H2,1-2H3. The molecule has 1 aromatic carbocycles. The number of hydrogen-bond donors (Lipinski definition) is 1. The second-order valence-corrected chi connectivity index (χ2v) is 5.93. The zero-order valence-electron chi connectivity index (χ0n) is 12.4. The summed E-state index contributed by atoms with van der Waals surface area (Å²) in [6, 6.07) is 3.62. The molecule has 2 N–H and O–H groups in total. The first-order chi connectivity index (χ1) is 9.77. The van der Waals surface area contributed by atoms with Crippen LogP contribution in [0.5, 0.6) is 0 Å². The molecule has 0 bridgehead atoms. The van der Waals surface area contributed by atoms with E-state index in [1.165, 1.54) is 6.07 Å². The van der Waals surface area contributed by atoms with Crippen LogP contribution in [0.3, 0.4) is 0 Å². The normalized spacial score (nSPS) is 17.1. The van der Waals surface area contributed by atoms with E-state index in [2.05, 4.69) is 24.8 Å². The molecule has 2 rings (SSSR count). The number of nitrogen functional groups attached to an aromatic ring is 1. The second kappa shape index (κ2) is 6.10. The molecule has 21 heavy (non-hydrogen) atoms. The Bertz CT molecular complexity index is 533. The summed E-state index contributed by atoms with van der Waals surface area (Å²) in [5.74, 6) is 0.607. The van der Waals surface area contributed by atoms with Gasteiger partial charge >= 0.3 is 6.18 Å².